The van der Waals surface area contributed by atoms with E-state index >= 15 is 0 Å². The van der Waals surface area contributed by atoms with Crippen molar-refractivity contribution in [2.45, 2.75) is 50.9 Å². The molecule has 0 amide bonds. The van der Waals surface area contributed by atoms with Crippen LogP contribution in [0.15, 0.2) is 28.7 Å². The molecule has 1 aliphatic carbocycles. The quantitative estimate of drug-likeness (QED) is 0.189. The van der Waals surface area contributed by atoms with E-state index in [0.717, 1.165) is 32.1 Å². The number of benzene rings is 2. The third kappa shape index (κ3) is 4.90. The summed E-state index contributed by atoms with van der Waals surface area (Å²) in [5, 5.41) is 1.73. The molecule has 0 saturated heterocycles. The topological polar surface area (TPSA) is 38.3 Å². The van der Waals surface area contributed by atoms with Crippen LogP contribution in [0, 0.1) is 29.1 Å². The molecule has 1 saturated carbocycles. The highest BCUT2D eigenvalue weighted by Gasteiger charge is 2.45. The van der Waals surface area contributed by atoms with Crippen LogP contribution in [0.2, 0.25) is 0 Å². The van der Waals surface area contributed by atoms with E-state index in [-0.39, 0.29) is 12.6 Å². The summed E-state index contributed by atoms with van der Waals surface area (Å²) in [6.45, 7) is 1.19. The standard InChI is InChI=1S/C21H22BrF5NO2P/c1-2-30-31(29,20-18(26)16(24)15(23)17(25)19(20)27)21(12-8-10-13(22)11-9-12)28-14-6-4-3-5-7-14/h8-11,14,21,28H,2-7H2,1H3/t21-,31-/m0/s1. The number of rotatable bonds is 7. The van der Waals surface area contributed by atoms with Crippen molar-refractivity contribution in [3.8, 4) is 0 Å². The Labute approximate surface area is 186 Å². The van der Waals surface area contributed by atoms with E-state index < -0.39 is 47.5 Å². The van der Waals surface area contributed by atoms with E-state index in [1.54, 1.807) is 24.3 Å². The number of nitrogens with one attached hydrogen (secondary N) is 1. The molecule has 2 aromatic rings. The van der Waals surface area contributed by atoms with Crippen molar-refractivity contribution in [2.24, 2.45) is 0 Å². The van der Waals surface area contributed by atoms with Crippen molar-refractivity contribution in [2.75, 3.05) is 6.61 Å². The highest BCUT2D eigenvalue weighted by atomic mass is 79.9. The fourth-order valence-electron chi connectivity index (χ4n) is 3.86. The molecule has 2 aromatic carbocycles. The van der Waals surface area contributed by atoms with Gasteiger partial charge in [-0.3, -0.25) is 9.88 Å². The molecule has 3 nitrogen and oxygen atoms in total. The van der Waals surface area contributed by atoms with Crippen molar-refractivity contribution in [3.05, 3.63) is 63.4 Å². The second-order valence-electron chi connectivity index (χ2n) is 7.39. The maximum atomic E-state index is 14.7. The molecule has 1 fully saturated rings. The average molecular weight is 526 g/mol. The second-order valence-corrected chi connectivity index (χ2v) is 10.7. The predicted molar refractivity (Wildman–Crippen MR) is 112 cm³/mol. The van der Waals surface area contributed by atoms with Crippen LogP contribution in [0.5, 0.6) is 0 Å². The lowest BCUT2D eigenvalue weighted by Gasteiger charge is -2.34. The predicted octanol–water partition coefficient (Wildman–Crippen LogP) is 6.71. The first-order valence-corrected chi connectivity index (χ1v) is 12.5. The van der Waals surface area contributed by atoms with E-state index in [0.29, 0.717) is 10.0 Å². The van der Waals surface area contributed by atoms with E-state index in [9.17, 15) is 26.5 Å². The summed E-state index contributed by atoms with van der Waals surface area (Å²) in [5.41, 5.74) is 0.356. The van der Waals surface area contributed by atoms with Gasteiger partial charge in [0, 0.05) is 10.5 Å². The lowest BCUT2D eigenvalue weighted by atomic mass is 9.95. The lowest BCUT2D eigenvalue weighted by Crippen LogP contribution is -2.38. The summed E-state index contributed by atoms with van der Waals surface area (Å²) < 4.78 is 91.2. The Morgan fingerprint density at radius 2 is 1.48 bits per heavy atom. The fourth-order valence-corrected chi connectivity index (χ4v) is 6.75. The molecule has 0 aromatic heterocycles. The zero-order chi connectivity index (χ0) is 22.8. The molecule has 170 valence electrons. The average Bonchev–Trinajstić information content (AvgIpc) is 2.76. The Morgan fingerprint density at radius 3 is 2.00 bits per heavy atom. The van der Waals surface area contributed by atoms with E-state index in [1.807, 2.05) is 0 Å². The Hall–Kier alpha value is -1.28. The largest absolute Gasteiger partial charge is 0.324 e. The Morgan fingerprint density at radius 1 is 0.968 bits per heavy atom. The number of halogens is 6. The maximum Gasteiger partial charge on any atom is 0.259 e. The molecular formula is C21H22BrF5NO2P. The Bertz CT molecular complexity index is 954. The van der Waals surface area contributed by atoms with Gasteiger partial charge in [-0.05, 0) is 37.5 Å². The molecule has 0 heterocycles. The molecular weight excluding hydrogens is 504 g/mol. The van der Waals surface area contributed by atoms with Gasteiger partial charge < -0.3 is 4.52 Å². The van der Waals surface area contributed by atoms with Gasteiger partial charge in [-0.1, -0.05) is 47.3 Å². The van der Waals surface area contributed by atoms with Gasteiger partial charge in [0.25, 0.3) is 7.37 Å². The van der Waals surface area contributed by atoms with Crippen LogP contribution in [-0.4, -0.2) is 12.6 Å². The van der Waals surface area contributed by atoms with Gasteiger partial charge in [0.1, 0.15) is 11.1 Å². The van der Waals surface area contributed by atoms with Crippen LogP contribution in [0.4, 0.5) is 22.0 Å². The van der Waals surface area contributed by atoms with Gasteiger partial charge in [0.05, 0.1) is 6.61 Å². The molecule has 31 heavy (non-hydrogen) atoms. The van der Waals surface area contributed by atoms with Crippen LogP contribution >= 0.6 is 23.3 Å². The molecule has 0 bridgehead atoms. The molecule has 1 N–H and O–H groups in total. The zero-order valence-electron chi connectivity index (χ0n) is 16.7. The van der Waals surface area contributed by atoms with Gasteiger partial charge in [-0.15, -0.1) is 0 Å². The van der Waals surface area contributed by atoms with Crippen molar-refractivity contribution in [1.82, 2.24) is 5.32 Å². The highest BCUT2D eigenvalue weighted by molar-refractivity contribution is 9.10. The normalized spacial score (nSPS) is 18.0. The monoisotopic (exact) mass is 525 g/mol. The third-order valence-electron chi connectivity index (χ3n) is 5.34. The van der Waals surface area contributed by atoms with Gasteiger partial charge in [0.15, 0.2) is 23.3 Å². The van der Waals surface area contributed by atoms with E-state index in [2.05, 4.69) is 21.2 Å². The first-order valence-electron chi connectivity index (χ1n) is 9.98. The number of hydrogen-bond donors (Lipinski definition) is 1. The van der Waals surface area contributed by atoms with Crippen molar-refractivity contribution in [1.29, 1.82) is 0 Å². The number of hydrogen-bond acceptors (Lipinski definition) is 3. The molecule has 10 heteroatoms. The zero-order valence-corrected chi connectivity index (χ0v) is 19.2. The molecule has 3 rings (SSSR count). The van der Waals surface area contributed by atoms with Gasteiger partial charge >= 0.3 is 0 Å². The van der Waals surface area contributed by atoms with Crippen molar-refractivity contribution >= 4 is 28.6 Å². The van der Waals surface area contributed by atoms with Crippen LogP contribution in [0.25, 0.3) is 0 Å². The molecule has 1 aliphatic rings. The minimum atomic E-state index is -4.66. The lowest BCUT2D eigenvalue weighted by molar-refractivity contribution is 0.306. The molecule has 2 atom stereocenters. The van der Waals surface area contributed by atoms with E-state index in [1.165, 1.54) is 6.92 Å². The van der Waals surface area contributed by atoms with Crippen LogP contribution in [0.3, 0.4) is 0 Å². The minimum absolute atomic E-state index is 0.141. The molecule has 0 unspecified atom stereocenters. The van der Waals surface area contributed by atoms with E-state index in [4.69, 9.17) is 4.52 Å². The first-order chi connectivity index (χ1) is 14.7. The molecule has 0 radical (unpaired) electrons. The Kier molecular flexibility index (Phi) is 7.95. The summed E-state index contributed by atoms with van der Waals surface area (Å²) in [6, 6.07) is 6.28. The summed E-state index contributed by atoms with van der Waals surface area (Å²) in [7, 11) is -4.66. The fraction of sp³-hybridized carbons (Fsp3) is 0.429. The summed E-state index contributed by atoms with van der Waals surface area (Å²) >= 11 is 3.29. The summed E-state index contributed by atoms with van der Waals surface area (Å²) in [4.78, 5) is 0. The second kappa shape index (κ2) is 10.1. The molecule has 0 spiro atoms. The van der Waals surface area contributed by atoms with Gasteiger partial charge in [0.2, 0.25) is 5.82 Å². The first kappa shape index (κ1) is 24.4. The highest BCUT2D eigenvalue weighted by Crippen LogP contribution is 2.59. The third-order valence-corrected chi connectivity index (χ3v) is 8.66. The van der Waals surface area contributed by atoms with Crippen LogP contribution in [0.1, 0.15) is 50.4 Å². The smallest absolute Gasteiger partial charge is 0.259 e. The summed E-state index contributed by atoms with van der Waals surface area (Å²) in [6.07, 6.45) is 4.31. The van der Waals surface area contributed by atoms with Crippen molar-refractivity contribution in [3.63, 3.8) is 0 Å². The van der Waals surface area contributed by atoms with Gasteiger partial charge in [-0.2, -0.15) is 0 Å². The molecule has 0 aliphatic heterocycles. The maximum absolute atomic E-state index is 14.7. The Balaban J connectivity index is 2.21. The minimum Gasteiger partial charge on any atom is -0.324 e. The van der Waals surface area contributed by atoms with Gasteiger partial charge in [-0.25, -0.2) is 22.0 Å². The summed E-state index contributed by atoms with van der Waals surface area (Å²) in [5.74, 6) is -12.2. The van der Waals surface area contributed by atoms with Crippen molar-refractivity contribution < 1.29 is 31.0 Å². The SMILES string of the molecule is CCO[P@@](=O)(c1c(F)c(F)c(F)c(F)c1F)[C@H](NC1CCCCC1)c1ccc(Br)cc1. The van der Waals surface area contributed by atoms with Crippen LogP contribution in [-0.2, 0) is 9.09 Å². The van der Waals surface area contributed by atoms with Crippen LogP contribution < -0.4 is 10.6 Å².